The lowest BCUT2D eigenvalue weighted by Gasteiger charge is -2.27. The first-order chi connectivity index (χ1) is 9.28. The third kappa shape index (κ3) is 2.75. The van der Waals surface area contributed by atoms with E-state index in [0.29, 0.717) is 17.7 Å². The van der Waals surface area contributed by atoms with Gasteiger partial charge in [-0.1, -0.05) is 6.92 Å². The molecule has 0 bridgehead atoms. The fourth-order valence-electron chi connectivity index (χ4n) is 3.55. The molecule has 1 saturated carbocycles. The molecule has 1 aliphatic heterocycles. The van der Waals surface area contributed by atoms with Crippen molar-refractivity contribution < 1.29 is 4.79 Å². The quantitative estimate of drug-likeness (QED) is 0.848. The second kappa shape index (κ2) is 5.71. The highest BCUT2D eigenvalue weighted by Crippen LogP contribution is 2.34. The largest absolute Gasteiger partial charge is 0.299 e. The Labute approximate surface area is 119 Å². The summed E-state index contributed by atoms with van der Waals surface area (Å²) in [6, 6.07) is 0.488. The van der Waals surface area contributed by atoms with Gasteiger partial charge in [-0.05, 0) is 38.6 Å². The minimum Gasteiger partial charge on any atom is -0.299 e. The highest BCUT2D eigenvalue weighted by Gasteiger charge is 2.38. The summed E-state index contributed by atoms with van der Waals surface area (Å²) in [5.41, 5.74) is 1.19. The first kappa shape index (κ1) is 13.3. The Balaban J connectivity index is 1.67. The number of hydrogen-bond acceptors (Lipinski definition) is 4. The van der Waals surface area contributed by atoms with Crippen molar-refractivity contribution in [3.8, 4) is 0 Å². The molecule has 0 aromatic carbocycles. The number of hydrogen-bond donors (Lipinski definition) is 0. The van der Waals surface area contributed by atoms with Gasteiger partial charge in [0.1, 0.15) is 5.78 Å². The van der Waals surface area contributed by atoms with E-state index in [1.807, 2.05) is 0 Å². The van der Waals surface area contributed by atoms with Crippen LogP contribution >= 0.6 is 11.3 Å². The number of nitrogens with zero attached hydrogens (tertiary/aromatic N) is 2. The van der Waals surface area contributed by atoms with E-state index in [1.54, 1.807) is 11.3 Å². The standard InChI is InChI=1S/C15H22N2OS/c1-2-15-16-11(10-19-15)9-17-8-4-6-13(17)12-5-3-7-14(12)18/h10,12-13H,2-9H2,1H3. The van der Waals surface area contributed by atoms with Crippen molar-refractivity contribution in [1.29, 1.82) is 0 Å². The van der Waals surface area contributed by atoms with E-state index in [9.17, 15) is 4.79 Å². The Morgan fingerprint density at radius 2 is 2.32 bits per heavy atom. The van der Waals surface area contributed by atoms with Crippen molar-refractivity contribution in [1.82, 2.24) is 9.88 Å². The number of aromatic nitrogens is 1. The second-order valence-corrected chi connectivity index (χ2v) is 6.67. The van der Waals surface area contributed by atoms with Crippen molar-refractivity contribution >= 4 is 17.1 Å². The summed E-state index contributed by atoms with van der Waals surface area (Å²) >= 11 is 1.76. The molecule has 1 saturated heterocycles. The topological polar surface area (TPSA) is 33.2 Å². The summed E-state index contributed by atoms with van der Waals surface area (Å²) in [4.78, 5) is 19.1. The number of carbonyl (C=O) groups is 1. The number of ketones is 1. The fraction of sp³-hybridized carbons (Fsp3) is 0.733. The van der Waals surface area contributed by atoms with Crippen LogP contribution in [-0.2, 0) is 17.8 Å². The maximum absolute atomic E-state index is 12.0. The summed E-state index contributed by atoms with van der Waals surface area (Å²) in [5, 5.41) is 3.41. The van der Waals surface area contributed by atoms with Gasteiger partial charge in [0.05, 0.1) is 10.7 Å². The number of aryl methyl sites for hydroxylation is 1. The minimum atomic E-state index is 0.312. The summed E-state index contributed by atoms with van der Waals surface area (Å²) in [7, 11) is 0. The predicted octanol–water partition coefficient (Wildman–Crippen LogP) is 3.04. The first-order valence-electron chi connectivity index (χ1n) is 7.48. The van der Waals surface area contributed by atoms with Gasteiger partial charge in [0.2, 0.25) is 0 Å². The molecule has 2 aliphatic rings. The molecule has 1 aromatic heterocycles. The van der Waals surface area contributed by atoms with E-state index < -0.39 is 0 Å². The normalized spacial score (nSPS) is 28.4. The van der Waals surface area contributed by atoms with Gasteiger partial charge >= 0.3 is 0 Å². The lowest BCUT2D eigenvalue weighted by molar-refractivity contribution is -0.122. The van der Waals surface area contributed by atoms with Crippen LogP contribution in [0.4, 0.5) is 0 Å². The molecule has 4 heteroatoms. The lowest BCUT2D eigenvalue weighted by atomic mass is 9.95. The highest BCUT2D eigenvalue weighted by atomic mass is 32.1. The molecular weight excluding hydrogens is 256 g/mol. The molecule has 104 valence electrons. The average molecular weight is 278 g/mol. The Hall–Kier alpha value is -0.740. The van der Waals surface area contributed by atoms with E-state index in [2.05, 4.69) is 22.2 Å². The maximum Gasteiger partial charge on any atom is 0.137 e. The lowest BCUT2D eigenvalue weighted by Crippen LogP contribution is -2.37. The van der Waals surface area contributed by atoms with E-state index >= 15 is 0 Å². The van der Waals surface area contributed by atoms with E-state index in [0.717, 1.165) is 38.8 Å². The number of Topliss-reactive ketones (excluding diaryl/α,β-unsaturated/α-hetero) is 1. The SMILES string of the molecule is CCc1nc(CN2CCCC2C2CCCC2=O)cs1. The molecule has 2 unspecified atom stereocenters. The zero-order valence-electron chi connectivity index (χ0n) is 11.6. The molecule has 2 fully saturated rings. The summed E-state index contributed by atoms with van der Waals surface area (Å²) in [5.74, 6) is 0.816. The van der Waals surface area contributed by atoms with Gasteiger partial charge in [0.15, 0.2) is 0 Å². The van der Waals surface area contributed by atoms with Crippen molar-refractivity contribution in [3.63, 3.8) is 0 Å². The predicted molar refractivity (Wildman–Crippen MR) is 77.3 cm³/mol. The van der Waals surface area contributed by atoms with Crippen molar-refractivity contribution in [2.45, 2.75) is 58.0 Å². The van der Waals surface area contributed by atoms with Gasteiger partial charge in [-0.25, -0.2) is 4.98 Å². The molecule has 0 spiro atoms. The smallest absolute Gasteiger partial charge is 0.137 e. The van der Waals surface area contributed by atoms with Crippen LogP contribution in [0.25, 0.3) is 0 Å². The van der Waals surface area contributed by atoms with Gasteiger partial charge < -0.3 is 0 Å². The Kier molecular flexibility index (Phi) is 3.99. The van der Waals surface area contributed by atoms with Crippen LogP contribution in [0.2, 0.25) is 0 Å². The Bertz CT molecular complexity index is 457. The zero-order valence-corrected chi connectivity index (χ0v) is 12.4. The van der Waals surface area contributed by atoms with Crippen LogP contribution < -0.4 is 0 Å². The molecule has 0 amide bonds. The van der Waals surface area contributed by atoms with Crippen LogP contribution in [0.15, 0.2) is 5.38 Å². The monoisotopic (exact) mass is 278 g/mol. The molecule has 0 radical (unpaired) electrons. The van der Waals surface area contributed by atoms with Crippen molar-refractivity contribution in [2.75, 3.05) is 6.54 Å². The average Bonchev–Trinajstić information content (AvgIpc) is 3.10. The van der Waals surface area contributed by atoms with Gasteiger partial charge in [-0.3, -0.25) is 9.69 Å². The fourth-order valence-corrected chi connectivity index (χ4v) is 4.28. The minimum absolute atomic E-state index is 0.312. The molecular formula is C15H22N2OS. The number of likely N-dealkylation sites (tertiary alicyclic amines) is 1. The summed E-state index contributed by atoms with van der Waals surface area (Å²) in [6.45, 7) is 4.22. The molecule has 2 heterocycles. The van der Waals surface area contributed by atoms with Gasteiger partial charge in [0.25, 0.3) is 0 Å². The molecule has 3 nitrogen and oxygen atoms in total. The van der Waals surface area contributed by atoms with Gasteiger partial charge in [-0.2, -0.15) is 0 Å². The third-order valence-electron chi connectivity index (χ3n) is 4.50. The van der Waals surface area contributed by atoms with E-state index in [4.69, 9.17) is 0 Å². The van der Waals surface area contributed by atoms with Gasteiger partial charge in [0, 0.05) is 30.3 Å². The summed E-state index contributed by atoms with van der Waals surface area (Å²) < 4.78 is 0. The number of rotatable bonds is 4. The molecule has 3 rings (SSSR count). The van der Waals surface area contributed by atoms with Crippen LogP contribution in [0.3, 0.4) is 0 Å². The van der Waals surface area contributed by atoms with Gasteiger partial charge in [-0.15, -0.1) is 11.3 Å². The van der Waals surface area contributed by atoms with E-state index in [-0.39, 0.29) is 0 Å². The van der Waals surface area contributed by atoms with Crippen LogP contribution in [-0.4, -0.2) is 28.3 Å². The molecule has 19 heavy (non-hydrogen) atoms. The second-order valence-electron chi connectivity index (χ2n) is 5.73. The Morgan fingerprint density at radius 1 is 1.42 bits per heavy atom. The van der Waals surface area contributed by atoms with E-state index in [1.165, 1.54) is 23.5 Å². The summed E-state index contributed by atoms with van der Waals surface area (Å²) in [6.07, 6.45) is 6.48. The molecule has 1 aromatic rings. The van der Waals surface area contributed by atoms with Crippen molar-refractivity contribution in [3.05, 3.63) is 16.1 Å². The number of carbonyl (C=O) groups excluding carboxylic acids is 1. The zero-order chi connectivity index (χ0) is 13.2. The maximum atomic E-state index is 12.0. The molecule has 0 N–H and O–H groups in total. The van der Waals surface area contributed by atoms with Crippen LogP contribution in [0.1, 0.15) is 49.7 Å². The molecule has 2 atom stereocenters. The van der Waals surface area contributed by atoms with Crippen molar-refractivity contribution in [2.24, 2.45) is 5.92 Å². The first-order valence-corrected chi connectivity index (χ1v) is 8.36. The van der Waals surface area contributed by atoms with Crippen LogP contribution in [0.5, 0.6) is 0 Å². The van der Waals surface area contributed by atoms with Crippen LogP contribution in [0, 0.1) is 5.92 Å². The third-order valence-corrected chi connectivity index (χ3v) is 5.54. The number of thiazole rings is 1. The highest BCUT2D eigenvalue weighted by molar-refractivity contribution is 7.09. The molecule has 1 aliphatic carbocycles. The Morgan fingerprint density at radius 3 is 3.00 bits per heavy atom.